The number of likely N-dealkylation sites (N-methyl/N-ethyl adjacent to an activating group) is 2. The summed E-state index contributed by atoms with van der Waals surface area (Å²) in [6.45, 7) is 7.12. The minimum atomic E-state index is 0.791. The van der Waals surface area contributed by atoms with E-state index < -0.39 is 0 Å². The van der Waals surface area contributed by atoms with Crippen LogP contribution in [0.5, 0.6) is 0 Å². The molecule has 0 bridgehead atoms. The van der Waals surface area contributed by atoms with Crippen LogP contribution in [0.1, 0.15) is 5.69 Å². The second-order valence-corrected chi connectivity index (χ2v) is 7.91. The molecular formula is C21H30ClN5. The topological polar surface area (TPSA) is 25.9 Å². The number of nitrogens with zero attached hydrogens (tertiary/aromatic N) is 5. The van der Waals surface area contributed by atoms with Crippen molar-refractivity contribution in [2.45, 2.75) is 6.54 Å². The number of rotatable bonds is 7. The summed E-state index contributed by atoms with van der Waals surface area (Å²) in [7, 11) is 6.36. The summed E-state index contributed by atoms with van der Waals surface area (Å²) in [6, 6.07) is 12.5. The van der Waals surface area contributed by atoms with Crippen molar-refractivity contribution in [3.63, 3.8) is 0 Å². The molecule has 1 saturated heterocycles. The highest BCUT2D eigenvalue weighted by Crippen LogP contribution is 2.20. The van der Waals surface area contributed by atoms with Gasteiger partial charge in [0.2, 0.25) is 0 Å². The van der Waals surface area contributed by atoms with E-state index in [1.54, 1.807) is 0 Å². The van der Waals surface area contributed by atoms with Gasteiger partial charge in [-0.2, -0.15) is 0 Å². The second-order valence-electron chi connectivity index (χ2n) is 7.47. The first-order valence-corrected chi connectivity index (χ1v) is 9.93. The van der Waals surface area contributed by atoms with E-state index in [2.05, 4.69) is 70.0 Å². The number of pyridine rings is 1. The average molecular weight is 388 g/mol. The third-order valence-corrected chi connectivity index (χ3v) is 5.33. The molecule has 3 rings (SSSR count). The van der Waals surface area contributed by atoms with Crippen molar-refractivity contribution in [1.29, 1.82) is 0 Å². The Morgan fingerprint density at radius 3 is 2.33 bits per heavy atom. The Bertz CT molecular complexity index is 711. The monoisotopic (exact) mass is 387 g/mol. The van der Waals surface area contributed by atoms with Crippen molar-refractivity contribution < 1.29 is 0 Å². The smallest absolute Gasteiger partial charge is 0.0564 e. The first-order valence-electron chi connectivity index (χ1n) is 9.55. The fourth-order valence-electron chi connectivity index (χ4n) is 3.31. The van der Waals surface area contributed by atoms with Crippen molar-refractivity contribution >= 4 is 23.0 Å². The number of piperazine rings is 1. The van der Waals surface area contributed by atoms with Gasteiger partial charge in [0.05, 0.1) is 5.69 Å². The fourth-order valence-corrected chi connectivity index (χ4v) is 3.44. The predicted molar refractivity (Wildman–Crippen MR) is 115 cm³/mol. The highest BCUT2D eigenvalue weighted by molar-refractivity contribution is 6.30. The number of hydrogen-bond acceptors (Lipinski definition) is 5. The quantitative estimate of drug-likeness (QED) is 0.727. The summed E-state index contributed by atoms with van der Waals surface area (Å²) in [6.07, 6.45) is 1.93. The summed E-state index contributed by atoms with van der Waals surface area (Å²) < 4.78 is 0. The zero-order valence-electron chi connectivity index (χ0n) is 16.6. The van der Waals surface area contributed by atoms with E-state index in [0.717, 1.165) is 56.5 Å². The molecule has 1 fully saturated rings. The standard InChI is InChI=1S/C21H30ClN5/c1-24(2)10-11-25(3)21-8-9-23-19(16-21)17-26-12-14-27(15-13-26)20-6-4-18(22)5-7-20/h4-9,16H,10-15,17H2,1-3H3. The fraction of sp³-hybridized carbons (Fsp3) is 0.476. The molecule has 2 heterocycles. The zero-order chi connectivity index (χ0) is 19.2. The van der Waals surface area contributed by atoms with Crippen LogP contribution in [-0.4, -0.2) is 75.2 Å². The lowest BCUT2D eigenvalue weighted by atomic mass is 10.2. The molecule has 0 radical (unpaired) electrons. The normalized spacial score (nSPS) is 15.4. The summed E-state index contributed by atoms with van der Waals surface area (Å²) in [5.74, 6) is 0. The summed E-state index contributed by atoms with van der Waals surface area (Å²) in [5, 5.41) is 0.791. The number of halogens is 1. The van der Waals surface area contributed by atoms with Gasteiger partial charge >= 0.3 is 0 Å². The van der Waals surface area contributed by atoms with Crippen molar-refractivity contribution in [1.82, 2.24) is 14.8 Å². The molecule has 6 heteroatoms. The van der Waals surface area contributed by atoms with Crippen LogP contribution in [-0.2, 0) is 6.54 Å². The van der Waals surface area contributed by atoms with Gasteiger partial charge in [-0.3, -0.25) is 9.88 Å². The molecule has 146 valence electrons. The van der Waals surface area contributed by atoms with Gasteiger partial charge in [-0.05, 0) is 50.5 Å². The summed E-state index contributed by atoms with van der Waals surface area (Å²) in [4.78, 5) is 14.0. The molecule has 1 aromatic heterocycles. The lowest BCUT2D eigenvalue weighted by molar-refractivity contribution is 0.247. The first-order chi connectivity index (χ1) is 13.0. The summed E-state index contributed by atoms with van der Waals surface area (Å²) >= 11 is 5.99. The molecule has 1 aliphatic rings. The van der Waals surface area contributed by atoms with Gasteiger partial charge < -0.3 is 14.7 Å². The van der Waals surface area contributed by atoms with Crippen LogP contribution < -0.4 is 9.80 Å². The lowest BCUT2D eigenvalue weighted by Gasteiger charge is -2.36. The molecule has 0 N–H and O–H groups in total. The molecule has 1 aromatic carbocycles. The molecule has 5 nitrogen and oxygen atoms in total. The Morgan fingerprint density at radius 1 is 0.963 bits per heavy atom. The van der Waals surface area contributed by atoms with E-state index in [0.29, 0.717) is 0 Å². The summed E-state index contributed by atoms with van der Waals surface area (Å²) in [5.41, 5.74) is 3.63. The zero-order valence-corrected chi connectivity index (χ0v) is 17.4. The maximum Gasteiger partial charge on any atom is 0.0564 e. The molecule has 0 aliphatic carbocycles. The van der Waals surface area contributed by atoms with Crippen LogP contribution in [0.15, 0.2) is 42.6 Å². The van der Waals surface area contributed by atoms with Crippen LogP contribution in [0.25, 0.3) is 0 Å². The number of aromatic nitrogens is 1. The van der Waals surface area contributed by atoms with E-state index in [-0.39, 0.29) is 0 Å². The van der Waals surface area contributed by atoms with Gasteiger partial charge in [-0.15, -0.1) is 0 Å². The minimum Gasteiger partial charge on any atom is -0.373 e. The Morgan fingerprint density at radius 2 is 1.67 bits per heavy atom. The van der Waals surface area contributed by atoms with E-state index >= 15 is 0 Å². The third-order valence-electron chi connectivity index (χ3n) is 5.07. The number of anilines is 2. The van der Waals surface area contributed by atoms with Crippen molar-refractivity contribution in [2.24, 2.45) is 0 Å². The maximum absolute atomic E-state index is 5.99. The maximum atomic E-state index is 5.99. The Labute approximate surface area is 168 Å². The van der Waals surface area contributed by atoms with Gasteiger partial charge in [0, 0.05) is 75.5 Å². The van der Waals surface area contributed by atoms with Crippen LogP contribution >= 0.6 is 11.6 Å². The number of benzene rings is 1. The van der Waals surface area contributed by atoms with E-state index in [1.807, 2.05) is 18.3 Å². The van der Waals surface area contributed by atoms with Crippen molar-refractivity contribution in [2.75, 3.05) is 70.2 Å². The molecule has 0 saturated carbocycles. The van der Waals surface area contributed by atoms with Gasteiger partial charge in [0.25, 0.3) is 0 Å². The largest absolute Gasteiger partial charge is 0.373 e. The Balaban J connectivity index is 1.53. The van der Waals surface area contributed by atoms with Crippen molar-refractivity contribution in [3.8, 4) is 0 Å². The predicted octanol–water partition coefficient (Wildman–Crippen LogP) is 3.06. The van der Waals surface area contributed by atoms with Gasteiger partial charge in [0.15, 0.2) is 0 Å². The van der Waals surface area contributed by atoms with Crippen LogP contribution in [0, 0.1) is 0 Å². The first kappa shape index (κ1) is 19.9. The lowest BCUT2D eigenvalue weighted by Crippen LogP contribution is -2.46. The molecular weight excluding hydrogens is 358 g/mol. The second kappa shape index (κ2) is 9.40. The molecule has 0 amide bonds. The highest BCUT2D eigenvalue weighted by atomic mass is 35.5. The van der Waals surface area contributed by atoms with E-state index in [4.69, 9.17) is 11.6 Å². The molecule has 0 atom stereocenters. The van der Waals surface area contributed by atoms with E-state index in [9.17, 15) is 0 Å². The molecule has 0 spiro atoms. The van der Waals surface area contributed by atoms with Crippen LogP contribution in [0.3, 0.4) is 0 Å². The van der Waals surface area contributed by atoms with Gasteiger partial charge in [0.1, 0.15) is 0 Å². The molecule has 2 aromatic rings. The molecule has 0 unspecified atom stereocenters. The van der Waals surface area contributed by atoms with Crippen molar-refractivity contribution in [3.05, 3.63) is 53.3 Å². The van der Waals surface area contributed by atoms with Crippen LogP contribution in [0.2, 0.25) is 5.02 Å². The highest BCUT2D eigenvalue weighted by Gasteiger charge is 2.18. The van der Waals surface area contributed by atoms with Gasteiger partial charge in [-0.25, -0.2) is 0 Å². The Kier molecular flexibility index (Phi) is 6.94. The van der Waals surface area contributed by atoms with Crippen LogP contribution in [0.4, 0.5) is 11.4 Å². The number of hydrogen-bond donors (Lipinski definition) is 0. The SMILES string of the molecule is CN(C)CCN(C)c1ccnc(CN2CCN(c3ccc(Cl)cc3)CC2)c1. The average Bonchev–Trinajstić information content (AvgIpc) is 2.67. The minimum absolute atomic E-state index is 0.791. The third kappa shape index (κ3) is 5.83. The molecule has 1 aliphatic heterocycles. The Hall–Kier alpha value is -1.82. The molecule has 27 heavy (non-hydrogen) atoms. The van der Waals surface area contributed by atoms with Gasteiger partial charge in [-0.1, -0.05) is 11.6 Å². The van der Waals surface area contributed by atoms with E-state index in [1.165, 1.54) is 11.4 Å².